The summed E-state index contributed by atoms with van der Waals surface area (Å²) in [5.41, 5.74) is 5.83. The molecule has 0 radical (unpaired) electrons. The Balaban J connectivity index is 1.41. The van der Waals surface area contributed by atoms with Crippen molar-refractivity contribution < 1.29 is 23.8 Å². The van der Waals surface area contributed by atoms with Crippen molar-refractivity contribution in [3.63, 3.8) is 0 Å². The molecule has 0 bridgehead atoms. The minimum Gasteiger partial charge on any atom is -0.457 e. The average Bonchev–Trinajstić information content (AvgIpc) is 2.86. The third-order valence-electron chi connectivity index (χ3n) is 5.58. The highest BCUT2D eigenvalue weighted by molar-refractivity contribution is 5.96. The van der Waals surface area contributed by atoms with E-state index in [-0.39, 0.29) is 23.6 Å². The van der Waals surface area contributed by atoms with E-state index in [2.05, 4.69) is 10.3 Å². The number of carbonyl (C=O) groups is 2. The summed E-state index contributed by atoms with van der Waals surface area (Å²) in [6.07, 6.45) is 2.94. The molecule has 0 aliphatic carbocycles. The van der Waals surface area contributed by atoms with Crippen molar-refractivity contribution >= 4 is 17.7 Å². The number of rotatable bonds is 7. The minimum atomic E-state index is -0.658. The molecule has 9 nitrogen and oxygen atoms in total. The van der Waals surface area contributed by atoms with Crippen LogP contribution in [0.25, 0.3) is 0 Å². The van der Waals surface area contributed by atoms with Gasteiger partial charge >= 0.3 is 6.09 Å². The number of anilines is 1. The van der Waals surface area contributed by atoms with E-state index < -0.39 is 11.5 Å². The standard InChI is InChI=1S/C28H32N4O5/c1-28(2,3)37-27(34)32-15-7-8-19(18-32)31-20-16-24(25(29)33)26(30-17-20)36-23-13-11-22(12-14-23)35-21-9-5-4-6-10-21/h4-6,9-14,16-17,19,31H,7-8,15,18H2,1-3H3,(H2,29,33). The predicted octanol–water partition coefficient (Wildman–Crippen LogP) is 5.58. The number of para-hydroxylation sites is 1. The van der Waals surface area contributed by atoms with Crippen LogP contribution in [0.3, 0.4) is 0 Å². The lowest BCUT2D eigenvalue weighted by Crippen LogP contribution is -2.47. The highest BCUT2D eigenvalue weighted by Crippen LogP contribution is 2.29. The molecule has 1 aromatic heterocycles. The molecule has 37 heavy (non-hydrogen) atoms. The number of likely N-dealkylation sites (tertiary alicyclic amines) is 1. The third kappa shape index (κ3) is 7.36. The molecule has 0 saturated carbocycles. The number of aromatic nitrogens is 1. The molecule has 2 aromatic carbocycles. The van der Waals surface area contributed by atoms with E-state index >= 15 is 0 Å². The number of carbonyl (C=O) groups excluding carboxylic acids is 2. The first-order valence-corrected chi connectivity index (χ1v) is 12.2. The lowest BCUT2D eigenvalue weighted by molar-refractivity contribution is 0.0206. The molecule has 4 rings (SSSR count). The van der Waals surface area contributed by atoms with Crippen molar-refractivity contribution in [3.05, 3.63) is 72.4 Å². The number of primary amides is 1. The number of amides is 2. The zero-order valence-corrected chi connectivity index (χ0v) is 21.3. The van der Waals surface area contributed by atoms with Gasteiger partial charge in [0.2, 0.25) is 5.88 Å². The molecule has 1 aliphatic rings. The summed E-state index contributed by atoms with van der Waals surface area (Å²) in [4.78, 5) is 30.7. The predicted molar refractivity (Wildman–Crippen MR) is 140 cm³/mol. The molecule has 1 unspecified atom stereocenters. The third-order valence-corrected chi connectivity index (χ3v) is 5.58. The van der Waals surface area contributed by atoms with Gasteiger partial charge in [0.05, 0.1) is 11.9 Å². The Bertz CT molecular complexity index is 1230. The summed E-state index contributed by atoms with van der Waals surface area (Å²) in [6, 6.07) is 18.0. The van der Waals surface area contributed by atoms with Crippen LogP contribution in [-0.4, -0.2) is 46.6 Å². The van der Waals surface area contributed by atoms with Gasteiger partial charge in [-0.2, -0.15) is 0 Å². The topological polar surface area (TPSA) is 116 Å². The fraction of sp³-hybridized carbons (Fsp3) is 0.321. The van der Waals surface area contributed by atoms with Gasteiger partial charge in [-0.1, -0.05) is 18.2 Å². The van der Waals surface area contributed by atoms with E-state index in [0.717, 1.165) is 18.6 Å². The van der Waals surface area contributed by atoms with E-state index in [1.807, 2.05) is 51.1 Å². The zero-order chi connectivity index (χ0) is 26.4. The summed E-state index contributed by atoms with van der Waals surface area (Å²) in [6.45, 7) is 6.66. The lowest BCUT2D eigenvalue weighted by Gasteiger charge is -2.34. The molecular formula is C28H32N4O5. The first kappa shape index (κ1) is 25.8. The van der Waals surface area contributed by atoms with Crippen LogP contribution in [0.15, 0.2) is 66.9 Å². The summed E-state index contributed by atoms with van der Waals surface area (Å²) < 4.78 is 17.1. The number of nitrogens with one attached hydrogen (secondary N) is 1. The number of hydrogen-bond acceptors (Lipinski definition) is 7. The van der Waals surface area contributed by atoms with Crippen molar-refractivity contribution in [2.75, 3.05) is 18.4 Å². The van der Waals surface area contributed by atoms with Gasteiger partial charge in [0.15, 0.2) is 0 Å². The molecule has 3 N–H and O–H groups in total. The molecule has 1 fully saturated rings. The molecule has 194 valence electrons. The van der Waals surface area contributed by atoms with Gasteiger partial charge in [0.1, 0.15) is 28.4 Å². The Labute approximate surface area is 216 Å². The van der Waals surface area contributed by atoms with Crippen LogP contribution in [0.2, 0.25) is 0 Å². The Kier molecular flexibility index (Phi) is 7.81. The molecule has 2 heterocycles. The molecule has 0 spiro atoms. The number of piperidine rings is 1. The van der Waals surface area contributed by atoms with Crippen LogP contribution in [0.4, 0.5) is 10.5 Å². The number of hydrogen-bond donors (Lipinski definition) is 2. The number of ether oxygens (including phenoxy) is 3. The zero-order valence-electron chi connectivity index (χ0n) is 21.3. The van der Waals surface area contributed by atoms with E-state index in [1.165, 1.54) is 0 Å². The van der Waals surface area contributed by atoms with Gasteiger partial charge in [-0.05, 0) is 76.1 Å². The van der Waals surface area contributed by atoms with Gasteiger partial charge in [-0.25, -0.2) is 9.78 Å². The van der Waals surface area contributed by atoms with Crippen LogP contribution >= 0.6 is 0 Å². The summed E-state index contributed by atoms with van der Waals surface area (Å²) >= 11 is 0. The SMILES string of the molecule is CC(C)(C)OC(=O)N1CCCC(Nc2cnc(Oc3ccc(Oc4ccccc4)cc3)c(C(N)=O)c2)C1. The Morgan fingerprint density at radius 2 is 1.65 bits per heavy atom. The maximum Gasteiger partial charge on any atom is 0.410 e. The monoisotopic (exact) mass is 504 g/mol. The van der Waals surface area contributed by atoms with E-state index in [4.69, 9.17) is 19.9 Å². The van der Waals surface area contributed by atoms with Gasteiger partial charge in [-0.3, -0.25) is 4.79 Å². The minimum absolute atomic E-state index is 0.0206. The molecule has 1 aliphatic heterocycles. The quantitative estimate of drug-likeness (QED) is 0.432. The number of benzene rings is 2. The summed E-state index contributed by atoms with van der Waals surface area (Å²) in [5.74, 6) is 1.30. The molecule has 9 heteroatoms. The smallest absolute Gasteiger partial charge is 0.410 e. The number of nitrogens with two attached hydrogens (primary N) is 1. The molecule has 3 aromatic rings. The molecule has 1 atom stereocenters. The van der Waals surface area contributed by atoms with E-state index in [1.54, 1.807) is 41.4 Å². The van der Waals surface area contributed by atoms with Gasteiger partial charge in [0.25, 0.3) is 5.91 Å². The fourth-order valence-corrected chi connectivity index (χ4v) is 3.92. The van der Waals surface area contributed by atoms with Crippen LogP contribution in [0.1, 0.15) is 44.0 Å². The normalized spacial score (nSPS) is 15.5. The maximum absolute atomic E-state index is 12.5. The highest BCUT2D eigenvalue weighted by Gasteiger charge is 2.28. The second-order valence-corrected chi connectivity index (χ2v) is 9.84. The number of nitrogens with zero attached hydrogens (tertiary/aromatic N) is 2. The fourth-order valence-electron chi connectivity index (χ4n) is 3.92. The van der Waals surface area contributed by atoms with Gasteiger partial charge in [-0.15, -0.1) is 0 Å². The second-order valence-electron chi connectivity index (χ2n) is 9.84. The van der Waals surface area contributed by atoms with Crippen molar-refractivity contribution in [2.24, 2.45) is 5.73 Å². The van der Waals surface area contributed by atoms with Crippen LogP contribution < -0.4 is 20.5 Å². The second kappa shape index (κ2) is 11.2. The van der Waals surface area contributed by atoms with Crippen LogP contribution in [0, 0.1) is 0 Å². The lowest BCUT2D eigenvalue weighted by atomic mass is 10.1. The van der Waals surface area contributed by atoms with Gasteiger partial charge in [0, 0.05) is 19.1 Å². The Hall–Kier alpha value is -4.27. The molecule has 2 amide bonds. The van der Waals surface area contributed by atoms with Crippen LogP contribution in [-0.2, 0) is 4.74 Å². The largest absolute Gasteiger partial charge is 0.457 e. The first-order chi connectivity index (χ1) is 17.7. The molecular weight excluding hydrogens is 472 g/mol. The van der Waals surface area contributed by atoms with Crippen molar-refractivity contribution in [3.8, 4) is 23.1 Å². The summed E-state index contributed by atoms with van der Waals surface area (Å²) in [5, 5.41) is 3.35. The van der Waals surface area contributed by atoms with Crippen molar-refractivity contribution in [2.45, 2.75) is 45.3 Å². The van der Waals surface area contributed by atoms with E-state index in [9.17, 15) is 9.59 Å². The van der Waals surface area contributed by atoms with Crippen LogP contribution in [0.5, 0.6) is 23.1 Å². The number of pyridine rings is 1. The first-order valence-electron chi connectivity index (χ1n) is 12.2. The van der Waals surface area contributed by atoms with Crippen molar-refractivity contribution in [1.82, 2.24) is 9.88 Å². The Morgan fingerprint density at radius 3 is 2.30 bits per heavy atom. The van der Waals surface area contributed by atoms with Crippen molar-refractivity contribution in [1.29, 1.82) is 0 Å². The maximum atomic E-state index is 12.5. The Morgan fingerprint density at radius 1 is 1.00 bits per heavy atom. The van der Waals surface area contributed by atoms with Gasteiger partial charge < -0.3 is 30.2 Å². The van der Waals surface area contributed by atoms with E-state index in [0.29, 0.717) is 30.3 Å². The molecule has 1 saturated heterocycles. The summed E-state index contributed by atoms with van der Waals surface area (Å²) in [7, 11) is 0. The average molecular weight is 505 g/mol. The highest BCUT2D eigenvalue weighted by atomic mass is 16.6.